The fraction of sp³-hybridized carbons (Fsp3) is 0.588. The largest absolute Gasteiger partial charge is 0.370 e. The zero-order valence-corrected chi connectivity index (χ0v) is 13.0. The third-order valence-electron chi connectivity index (χ3n) is 4.17. The summed E-state index contributed by atoms with van der Waals surface area (Å²) >= 11 is 0. The highest BCUT2D eigenvalue weighted by Crippen LogP contribution is 2.23. The molecule has 2 N–H and O–H groups in total. The molecule has 1 aliphatic heterocycles. The van der Waals surface area contributed by atoms with E-state index in [2.05, 4.69) is 54.9 Å². The first-order valence-corrected chi connectivity index (χ1v) is 7.59. The molecule has 3 heteroatoms. The summed E-state index contributed by atoms with van der Waals surface area (Å²) in [6.07, 6.45) is 2.53. The molecule has 0 bridgehead atoms. The van der Waals surface area contributed by atoms with Crippen molar-refractivity contribution >= 4 is 5.96 Å². The van der Waals surface area contributed by atoms with Crippen molar-refractivity contribution in [3.63, 3.8) is 0 Å². The van der Waals surface area contributed by atoms with Gasteiger partial charge in [-0.05, 0) is 24.3 Å². The van der Waals surface area contributed by atoms with Crippen LogP contribution in [0.1, 0.15) is 39.2 Å². The Morgan fingerprint density at radius 1 is 1.35 bits per heavy atom. The lowest BCUT2D eigenvalue weighted by molar-refractivity contribution is 0.270. The highest BCUT2D eigenvalue weighted by atomic mass is 15.3. The van der Waals surface area contributed by atoms with Crippen LogP contribution in [0.25, 0.3) is 0 Å². The minimum atomic E-state index is 0.0211. The van der Waals surface area contributed by atoms with Gasteiger partial charge >= 0.3 is 0 Å². The van der Waals surface area contributed by atoms with Gasteiger partial charge in [-0.2, -0.15) is 0 Å². The monoisotopic (exact) mass is 273 g/mol. The molecule has 1 aliphatic rings. The SMILES string of the molecule is CC1CCCN(C(N)=NCC(C)(C)c2ccccc2)C1. The highest BCUT2D eigenvalue weighted by Gasteiger charge is 2.22. The van der Waals surface area contributed by atoms with Gasteiger partial charge in [-0.15, -0.1) is 0 Å². The highest BCUT2D eigenvalue weighted by molar-refractivity contribution is 5.78. The minimum absolute atomic E-state index is 0.0211. The Hall–Kier alpha value is -1.51. The Balaban J connectivity index is 2.00. The predicted molar refractivity (Wildman–Crippen MR) is 85.9 cm³/mol. The summed E-state index contributed by atoms with van der Waals surface area (Å²) in [7, 11) is 0. The Labute approximate surface area is 122 Å². The number of hydrogen-bond donors (Lipinski definition) is 1. The lowest BCUT2D eigenvalue weighted by atomic mass is 9.85. The Morgan fingerprint density at radius 2 is 2.05 bits per heavy atom. The second kappa shape index (κ2) is 6.29. The van der Waals surface area contributed by atoms with Gasteiger partial charge in [-0.25, -0.2) is 0 Å². The average Bonchev–Trinajstić information content (AvgIpc) is 2.46. The van der Waals surface area contributed by atoms with Gasteiger partial charge < -0.3 is 10.6 Å². The first-order valence-electron chi connectivity index (χ1n) is 7.59. The zero-order chi connectivity index (χ0) is 14.6. The molecule has 1 unspecified atom stereocenters. The van der Waals surface area contributed by atoms with E-state index in [0.29, 0.717) is 5.96 Å². The zero-order valence-electron chi connectivity index (χ0n) is 13.0. The van der Waals surface area contributed by atoms with Crippen LogP contribution in [-0.4, -0.2) is 30.5 Å². The van der Waals surface area contributed by atoms with Crippen molar-refractivity contribution in [1.82, 2.24) is 4.90 Å². The summed E-state index contributed by atoms with van der Waals surface area (Å²) in [5.74, 6) is 1.43. The van der Waals surface area contributed by atoms with Gasteiger partial charge in [0.15, 0.2) is 5.96 Å². The van der Waals surface area contributed by atoms with Crippen LogP contribution in [-0.2, 0) is 5.41 Å². The maximum absolute atomic E-state index is 6.17. The van der Waals surface area contributed by atoms with Gasteiger partial charge in [-0.3, -0.25) is 4.99 Å². The molecule has 1 heterocycles. The molecular weight excluding hydrogens is 246 g/mol. The van der Waals surface area contributed by atoms with E-state index in [1.165, 1.54) is 18.4 Å². The Morgan fingerprint density at radius 3 is 2.70 bits per heavy atom. The van der Waals surface area contributed by atoms with Crippen molar-refractivity contribution in [3.05, 3.63) is 35.9 Å². The number of hydrogen-bond acceptors (Lipinski definition) is 1. The van der Waals surface area contributed by atoms with Crippen molar-refractivity contribution in [2.75, 3.05) is 19.6 Å². The standard InChI is InChI=1S/C17H27N3/c1-14-8-7-11-20(12-14)16(18)19-13-17(2,3)15-9-5-4-6-10-15/h4-6,9-10,14H,7-8,11-13H2,1-3H3,(H2,18,19). The molecule has 20 heavy (non-hydrogen) atoms. The first kappa shape index (κ1) is 14.9. The molecular formula is C17H27N3. The van der Waals surface area contributed by atoms with Crippen LogP contribution in [0.5, 0.6) is 0 Å². The molecule has 0 saturated carbocycles. The summed E-state index contributed by atoms with van der Waals surface area (Å²) < 4.78 is 0. The molecule has 0 spiro atoms. The van der Waals surface area contributed by atoms with E-state index in [9.17, 15) is 0 Å². The normalized spacial score (nSPS) is 21.1. The molecule has 0 amide bonds. The van der Waals surface area contributed by atoms with Crippen LogP contribution in [0.15, 0.2) is 35.3 Å². The van der Waals surface area contributed by atoms with Crippen LogP contribution in [0.4, 0.5) is 0 Å². The lowest BCUT2D eigenvalue weighted by Crippen LogP contribution is -2.44. The molecule has 1 saturated heterocycles. The van der Waals surface area contributed by atoms with E-state index >= 15 is 0 Å². The second-order valence-corrected chi connectivity index (χ2v) is 6.62. The minimum Gasteiger partial charge on any atom is -0.370 e. The fourth-order valence-electron chi connectivity index (χ4n) is 2.76. The molecule has 1 atom stereocenters. The second-order valence-electron chi connectivity index (χ2n) is 6.62. The first-order chi connectivity index (χ1) is 9.49. The molecule has 0 aliphatic carbocycles. The summed E-state index contributed by atoms with van der Waals surface area (Å²) in [5, 5.41) is 0. The third kappa shape index (κ3) is 3.75. The van der Waals surface area contributed by atoms with E-state index in [0.717, 1.165) is 25.6 Å². The summed E-state index contributed by atoms with van der Waals surface area (Å²) in [5.41, 5.74) is 7.50. The van der Waals surface area contributed by atoms with Crippen molar-refractivity contribution < 1.29 is 0 Å². The lowest BCUT2D eigenvalue weighted by Gasteiger charge is -2.32. The smallest absolute Gasteiger partial charge is 0.191 e. The van der Waals surface area contributed by atoms with E-state index < -0.39 is 0 Å². The van der Waals surface area contributed by atoms with Crippen LogP contribution in [0.3, 0.4) is 0 Å². The summed E-state index contributed by atoms with van der Waals surface area (Å²) in [4.78, 5) is 6.88. The maximum atomic E-state index is 6.17. The van der Waals surface area contributed by atoms with Gasteiger partial charge in [-0.1, -0.05) is 51.1 Å². The van der Waals surface area contributed by atoms with Gasteiger partial charge in [0.2, 0.25) is 0 Å². The van der Waals surface area contributed by atoms with Crippen LogP contribution >= 0.6 is 0 Å². The van der Waals surface area contributed by atoms with E-state index in [1.54, 1.807) is 0 Å². The Bertz CT molecular complexity index is 451. The molecule has 110 valence electrons. The molecule has 2 rings (SSSR count). The van der Waals surface area contributed by atoms with E-state index in [1.807, 2.05) is 6.07 Å². The van der Waals surface area contributed by atoms with E-state index in [-0.39, 0.29) is 5.41 Å². The number of aliphatic imine (C=N–C) groups is 1. The number of benzene rings is 1. The van der Waals surface area contributed by atoms with Gasteiger partial charge in [0.05, 0.1) is 6.54 Å². The Kier molecular flexibility index (Phi) is 4.69. The topological polar surface area (TPSA) is 41.6 Å². The fourth-order valence-corrected chi connectivity index (χ4v) is 2.76. The van der Waals surface area contributed by atoms with Crippen LogP contribution in [0, 0.1) is 5.92 Å². The van der Waals surface area contributed by atoms with Crippen molar-refractivity contribution in [2.45, 2.75) is 39.0 Å². The van der Waals surface area contributed by atoms with Gasteiger partial charge in [0, 0.05) is 18.5 Å². The molecule has 1 aromatic rings. The summed E-state index contributed by atoms with van der Waals surface area (Å²) in [6, 6.07) is 10.5. The molecule has 1 aromatic carbocycles. The maximum Gasteiger partial charge on any atom is 0.191 e. The summed E-state index contributed by atoms with van der Waals surface area (Å²) in [6.45, 7) is 9.55. The number of guanidine groups is 1. The van der Waals surface area contributed by atoms with Crippen molar-refractivity contribution in [3.8, 4) is 0 Å². The number of piperidine rings is 1. The molecule has 3 nitrogen and oxygen atoms in total. The third-order valence-corrected chi connectivity index (χ3v) is 4.17. The van der Waals surface area contributed by atoms with Crippen LogP contribution in [0.2, 0.25) is 0 Å². The van der Waals surface area contributed by atoms with Crippen LogP contribution < -0.4 is 5.73 Å². The van der Waals surface area contributed by atoms with Crippen molar-refractivity contribution in [1.29, 1.82) is 0 Å². The average molecular weight is 273 g/mol. The molecule has 1 fully saturated rings. The number of rotatable bonds is 3. The number of likely N-dealkylation sites (tertiary alicyclic amines) is 1. The molecule has 0 radical (unpaired) electrons. The number of nitrogens with zero attached hydrogens (tertiary/aromatic N) is 2. The van der Waals surface area contributed by atoms with E-state index in [4.69, 9.17) is 5.73 Å². The van der Waals surface area contributed by atoms with Crippen molar-refractivity contribution in [2.24, 2.45) is 16.6 Å². The molecule has 0 aromatic heterocycles. The predicted octanol–water partition coefficient (Wildman–Crippen LogP) is 3.01. The van der Waals surface area contributed by atoms with Gasteiger partial charge in [0.25, 0.3) is 0 Å². The quantitative estimate of drug-likeness (QED) is 0.679. The van der Waals surface area contributed by atoms with Gasteiger partial charge in [0.1, 0.15) is 0 Å². The number of nitrogens with two attached hydrogens (primary N) is 1.